The summed E-state index contributed by atoms with van der Waals surface area (Å²) in [6, 6.07) is 3.52. The molecule has 0 bridgehead atoms. The number of H-pyrrole nitrogens is 1. The fourth-order valence-electron chi connectivity index (χ4n) is 3.54. The molecule has 9 heteroatoms. The number of hydrogen-bond donors (Lipinski definition) is 3. The molecule has 0 amide bonds. The number of nitrogens with one attached hydrogen (secondary N) is 2. The first kappa shape index (κ1) is 17.6. The summed E-state index contributed by atoms with van der Waals surface area (Å²) in [7, 11) is 0. The number of aromatic nitrogens is 4. The maximum atomic E-state index is 10.4. The minimum atomic E-state index is -0.389. The van der Waals surface area contributed by atoms with E-state index in [1.807, 2.05) is 4.68 Å². The lowest BCUT2D eigenvalue weighted by Gasteiger charge is -2.16. The van der Waals surface area contributed by atoms with E-state index in [9.17, 15) is 5.11 Å². The van der Waals surface area contributed by atoms with Gasteiger partial charge in [-0.2, -0.15) is 10.2 Å². The molecule has 0 aliphatic heterocycles. The quantitative estimate of drug-likeness (QED) is 0.596. The summed E-state index contributed by atoms with van der Waals surface area (Å²) in [6.45, 7) is 1.33. The van der Waals surface area contributed by atoms with Crippen molar-refractivity contribution in [3.8, 4) is 11.5 Å². The van der Waals surface area contributed by atoms with Gasteiger partial charge >= 0.3 is 0 Å². The molecule has 0 saturated heterocycles. The second-order valence-corrected chi connectivity index (χ2v) is 7.46. The summed E-state index contributed by atoms with van der Waals surface area (Å²) < 4.78 is 7.27. The molecule has 1 aliphatic rings. The van der Waals surface area contributed by atoms with Gasteiger partial charge in [0, 0.05) is 30.9 Å². The van der Waals surface area contributed by atoms with Gasteiger partial charge in [-0.25, -0.2) is 0 Å². The summed E-state index contributed by atoms with van der Waals surface area (Å²) in [6.07, 6.45) is 6.41. The molecule has 4 rings (SSSR count). The van der Waals surface area contributed by atoms with Crippen LogP contribution in [0.4, 0.5) is 0 Å². The van der Waals surface area contributed by atoms with Gasteiger partial charge in [0.25, 0.3) is 0 Å². The SMILES string of the molecule is O[C@@H]1CC(Cn2cc(Cl)cn2)C[C@H]1NCc1cn[nH]c1-c1ccc(Cl)o1. The molecule has 3 aromatic rings. The van der Waals surface area contributed by atoms with Crippen LogP contribution >= 0.6 is 23.2 Å². The van der Waals surface area contributed by atoms with E-state index in [2.05, 4.69) is 20.6 Å². The first-order chi connectivity index (χ1) is 12.6. The van der Waals surface area contributed by atoms with E-state index in [0.29, 0.717) is 28.5 Å². The highest BCUT2D eigenvalue weighted by Gasteiger charge is 2.33. The van der Waals surface area contributed by atoms with Crippen LogP contribution in [-0.2, 0) is 13.1 Å². The smallest absolute Gasteiger partial charge is 0.194 e. The largest absolute Gasteiger partial charge is 0.443 e. The number of hydrogen-bond acceptors (Lipinski definition) is 5. The molecule has 0 spiro atoms. The van der Waals surface area contributed by atoms with E-state index in [0.717, 1.165) is 30.6 Å². The predicted molar refractivity (Wildman–Crippen MR) is 97.9 cm³/mol. The number of aliphatic hydroxyl groups is 1. The monoisotopic (exact) mass is 395 g/mol. The van der Waals surface area contributed by atoms with Crippen molar-refractivity contribution in [3.63, 3.8) is 0 Å². The van der Waals surface area contributed by atoms with Crippen molar-refractivity contribution in [2.24, 2.45) is 5.92 Å². The Balaban J connectivity index is 1.36. The summed E-state index contributed by atoms with van der Waals surface area (Å²) in [5.74, 6) is 0.996. The van der Waals surface area contributed by atoms with Crippen LogP contribution in [0, 0.1) is 5.92 Å². The second-order valence-electron chi connectivity index (χ2n) is 6.65. The zero-order valence-electron chi connectivity index (χ0n) is 13.9. The number of halogens is 2. The van der Waals surface area contributed by atoms with E-state index in [1.165, 1.54) is 0 Å². The summed E-state index contributed by atoms with van der Waals surface area (Å²) >= 11 is 11.8. The van der Waals surface area contributed by atoms with Crippen molar-refractivity contribution < 1.29 is 9.52 Å². The van der Waals surface area contributed by atoms with Gasteiger partial charge in [-0.3, -0.25) is 9.78 Å². The van der Waals surface area contributed by atoms with Crippen molar-refractivity contribution >= 4 is 23.2 Å². The van der Waals surface area contributed by atoms with Gasteiger partial charge in [0.15, 0.2) is 11.0 Å². The zero-order chi connectivity index (χ0) is 18.1. The van der Waals surface area contributed by atoms with Gasteiger partial charge in [-0.1, -0.05) is 11.6 Å². The molecule has 1 unspecified atom stereocenters. The number of rotatable bonds is 6. The summed E-state index contributed by atoms with van der Waals surface area (Å²) in [4.78, 5) is 0. The number of furan rings is 1. The van der Waals surface area contributed by atoms with Gasteiger partial charge in [-0.05, 0) is 42.5 Å². The third-order valence-electron chi connectivity index (χ3n) is 4.77. The van der Waals surface area contributed by atoms with E-state index in [4.69, 9.17) is 27.6 Å². The Morgan fingerprint density at radius 3 is 2.92 bits per heavy atom. The third-order valence-corrected chi connectivity index (χ3v) is 5.16. The van der Waals surface area contributed by atoms with Gasteiger partial charge in [-0.15, -0.1) is 0 Å². The molecule has 3 N–H and O–H groups in total. The topological polar surface area (TPSA) is 91.9 Å². The van der Waals surface area contributed by atoms with E-state index < -0.39 is 0 Å². The first-order valence-corrected chi connectivity index (χ1v) is 9.21. The van der Waals surface area contributed by atoms with E-state index in [1.54, 1.807) is 30.7 Å². The van der Waals surface area contributed by atoms with Crippen molar-refractivity contribution in [2.75, 3.05) is 0 Å². The van der Waals surface area contributed by atoms with Crippen LogP contribution in [0.5, 0.6) is 0 Å². The molecule has 7 nitrogen and oxygen atoms in total. The van der Waals surface area contributed by atoms with Crippen molar-refractivity contribution in [2.45, 2.75) is 38.1 Å². The molecule has 138 valence electrons. The molecular formula is C17H19Cl2N5O2. The number of aliphatic hydroxyl groups excluding tert-OH is 1. The highest BCUT2D eigenvalue weighted by Crippen LogP contribution is 2.29. The van der Waals surface area contributed by atoms with Gasteiger partial charge in [0.05, 0.1) is 23.5 Å². The molecular weight excluding hydrogens is 377 g/mol. The molecule has 3 aromatic heterocycles. The third kappa shape index (κ3) is 3.81. The normalized spacial score (nSPS) is 23.0. The Morgan fingerprint density at radius 2 is 2.19 bits per heavy atom. The fraction of sp³-hybridized carbons (Fsp3) is 0.412. The van der Waals surface area contributed by atoms with Gasteiger partial charge < -0.3 is 14.8 Å². The average molecular weight is 396 g/mol. The van der Waals surface area contributed by atoms with Gasteiger partial charge in [0.1, 0.15) is 5.69 Å². The lowest BCUT2D eigenvalue weighted by atomic mass is 10.1. The first-order valence-electron chi connectivity index (χ1n) is 8.46. The van der Waals surface area contributed by atoms with Crippen LogP contribution < -0.4 is 5.32 Å². The molecule has 3 heterocycles. The Bertz CT molecular complexity index is 874. The molecule has 3 atom stereocenters. The molecule has 1 saturated carbocycles. The van der Waals surface area contributed by atoms with Crippen molar-refractivity contribution in [3.05, 3.63) is 46.5 Å². The van der Waals surface area contributed by atoms with Crippen molar-refractivity contribution in [1.82, 2.24) is 25.3 Å². The summed E-state index contributed by atoms with van der Waals surface area (Å²) in [5.41, 5.74) is 1.75. The molecule has 0 radical (unpaired) electrons. The Hall–Kier alpha value is -1.80. The Labute approximate surface area is 160 Å². The second kappa shape index (κ2) is 7.44. The predicted octanol–water partition coefficient (Wildman–Crippen LogP) is 3.10. The maximum absolute atomic E-state index is 10.4. The van der Waals surface area contributed by atoms with Crippen LogP contribution in [0.15, 0.2) is 35.1 Å². The zero-order valence-corrected chi connectivity index (χ0v) is 15.4. The van der Waals surface area contributed by atoms with Crippen LogP contribution in [0.25, 0.3) is 11.5 Å². The van der Waals surface area contributed by atoms with Crippen LogP contribution in [0.1, 0.15) is 18.4 Å². The Morgan fingerprint density at radius 1 is 1.31 bits per heavy atom. The average Bonchev–Trinajstić information content (AvgIpc) is 3.35. The highest BCUT2D eigenvalue weighted by molar-refractivity contribution is 6.30. The fourth-order valence-corrected chi connectivity index (χ4v) is 3.84. The minimum Gasteiger partial charge on any atom is -0.443 e. The molecule has 0 aromatic carbocycles. The highest BCUT2D eigenvalue weighted by atomic mass is 35.5. The van der Waals surface area contributed by atoms with Crippen molar-refractivity contribution in [1.29, 1.82) is 0 Å². The summed E-state index contributed by atoms with van der Waals surface area (Å²) in [5, 5.41) is 26.0. The molecule has 1 fully saturated rings. The number of aromatic amines is 1. The van der Waals surface area contributed by atoms with E-state index in [-0.39, 0.29) is 12.1 Å². The van der Waals surface area contributed by atoms with Gasteiger partial charge in [0.2, 0.25) is 0 Å². The van der Waals surface area contributed by atoms with Crippen LogP contribution in [0.3, 0.4) is 0 Å². The molecule has 26 heavy (non-hydrogen) atoms. The standard InChI is InChI=1S/C17H19Cl2N5O2/c18-12-7-22-24(9-12)8-10-3-13(14(25)4-10)20-5-11-6-21-23-17(11)15-1-2-16(19)26-15/h1-2,6-7,9-10,13-14,20,25H,3-5,8H2,(H,21,23)/t10?,13-,14-/m1/s1. The Kier molecular flexibility index (Phi) is 5.04. The lowest BCUT2D eigenvalue weighted by molar-refractivity contribution is 0.145. The van der Waals surface area contributed by atoms with Crippen LogP contribution in [0.2, 0.25) is 10.2 Å². The van der Waals surface area contributed by atoms with E-state index >= 15 is 0 Å². The number of nitrogens with zero attached hydrogens (tertiary/aromatic N) is 3. The minimum absolute atomic E-state index is 0.0222. The molecule has 1 aliphatic carbocycles. The maximum Gasteiger partial charge on any atom is 0.194 e. The lowest BCUT2D eigenvalue weighted by Crippen LogP contribution is -2.35. The van der Waals surface area contributed by atoms with Crippen LogP contribution in [-0.4, -0.2) is 37.2 Å².